The number of nitrogens with one attached hydrogen (secondary N) is 1. The summed E-state index contributed by atoms with van der Waals surface area (Å²) in [5.41, 5.74) is 5.64. The van der Waals surface area contributed by atoms with Gasteiger partial charge in [0, 0.05) is 38.6 Å². The minimum absolute atomic E-state index is 0.415. The number of nitrogens with zero attached hydrogens (tertiary/aromatic N) is 1. The predicted octanol–water partition coefficient (Wildman–Crippen LogP) is 3.89. The number of hydrogen-bond acceptors (Lipinski definition) is 3. The average molecular weight is 336 g/mol. The van der Waals surface area contributed by atoms with E-state index in [4.69, 9.17) is 4.74 Å². The Morgan fingerprint density at radius 3 is 2.96 bits per heavy atom. The van der Waals surface area contributed by atoms with Gasteiger partial charge >= 0.3 is 0 Å². The van der Waals surface area contributed by atoms with Crippen LogP contribution in [0.5, 0.6) is 5.75 Å². The molecule has 132 valence electrons. The monoisotopic (exact) mass is 336 g/mol. The summed E-state index contributed by atoms with van der Waals surface area (Å²) in [6, 6.07) is 16.1. The fraction of sp³-hybridized carbons (Fsp3) is 0.455. The molecule has 2 aromatic rings. The third-order valence-corrected chi connectivity index (χ3v) is 5.42. The van der Waals surface area contributed by atoms with Gasteiger partial charge in [-0.3, -0.25) is 4.90 Å². The van der Waals surface area contributed by atoms with Crippen molar-refractivity contribution in [1.82, 2.24) is 10.2 Å². The number of piperazine rings is 1. The zero-order chi connectivity index (χ0) is 17.2. The minimum Gasteiger partial charge on any atom is -0.493 e. The van der Waals surface area contributed by atoms with Crippen LogP contribution in [0.2, 0.25) is 0 Å². The van der Waals surface area contributed by atoms with Crippen molar-refractivity contribution in [2.24, 2.45) is 0 Å². The molecule has 2 heterocycles. The van der Waals surface area contributed by atoms with Gasteiger partial charge in [0.25, 0.3) is 0 Å². The highest BCUT2D eigenvalue weighted by Crippen LogP contribution is 2.29. The van der Waals surface area contributed by atoms with Crippen molar-refractivity contribution in [3.05, 3.63) is 64.7 Å². The van der Waals surface area contributed by atoms with Crippen molar-refractivity contribution in [3.8, 4) is 5.75 Å². The van der Waals surface area contributed by atoms with Crippen LogP contribution in [0.3, 0.4) is 0 Å². The quantitative estimate of drug-likeness (QED) is 0.917. The predicted molar refractivity (Wildman–Crippen MR) is 102 cm³/mol. The zero-order valence-electron chi connectivity index (χ0n) is 15.3. The Morgan fingerprint density at radius 2 is 2.08 bits per heavy atom. The van der Waals surface area contributed by atoms with Crippen molar-refractivity contribution < 1.29 is 4.74 Å². The van der Waals surface area contributed by atoms with E-state index in [-0.39, 0.29) is 0 Å². The zero-order valence-corrected chi connectivity index (χ0v) is 15.3. The summed E-state index contributed by atoms with van der Waals surface area (Å²) in [6.07, 6.45) is 1.05. The van der Waals surface area contributed by atoms with Crippen LogP contribution in [0.15, 0.2) is 42.5 Å². The topological polar surface area (TPSA) is 24.5 Å². The fourth-order valence-corrected chi connectivity index (χ4v) is 4.08. The number of hydrogen-bond donors (Lipinski definition) is 1. The normalized spacial score (nSPS) is 20.5. The van der Waals surface area contributed by atoms with Gasteiger partial charge in [-0.2, -0.15) is 0 Å². The molecule has 4 rings (SSSR count). The van der Waals surface area contributed by atoms with Gasteiger partial charge < -0.3 is 10.1 Å². The number of benzene rings is 2. The molecular weight excluding hydrogens is 308 g/mol. The van der Waals surface area contributed by atoms with Crippen LogP contribution in [-0.2, 0) is 13.0 Å². The Morgan fingerprint density at radius 1 is 1.20 bits per heavy atom. The van der Waals surface area contributed by atoms with Crippen LogP contribution in [-0.4, -0.2) is 31.1 Å². The van der Waals surface area contributed by atoms with E-state index in [1.165, 1.54) is 22.3 Å². The molecule has 1 saturated heterocycles. The lowest BCUT2D eigenvalue weighted by Gasteiger charge is -2.35. The van der Waals surface area contributed by atoms with E-state index in [9.17, 15) is 0 Å². The van der Waals surface area contributed by atoms with E-state index < -0.39 is 0 Å². The van der Waals surface area contributed by atoms with Gasteiger partial charge in [-0.05, 0) is 34.2 Å². The molecule has 0 aliphatic carbocycles. The molecule has 0 spiro atoms. The molecule has 0 unspecified atom stereocenters. The maximum Gasteiger partial charge on any atom is 0.122 e. The number of fused-ring (bicyclic) bond motifs is 1. The lowest BCUT2D eigenvalue weighted by molar-refractivity contribution is 0.192. The summed E-state index contributed by atoms with van der Waals surface area (Å²) in [6.45, 7) is 9.59. The molecular formula is C22H28N2O. The van der Waals surface area contributed by atoms with E-state index in [1.54, 1.807) is 0 Å². The molecule has 0 amide bonds. The largest absolute Gasteiger partial charge is 0.493 e. The highest BCUT2D eigenvalue weighted by Gasteiger charge is 2.23. The molecule has 1 fully saturated rings. The minimum atomic E-state index is 0.415. The molecule has 3 heteroatoms. The third kappa shape index (κ3) is 3.58. The lowest BCUT2D eigenvalue weighted by atomic mass is 9.92. The molecule has 1 N–H and O–H groups in total. The standard InChI is InChI=1S/C22H28N2O/c1-16(2)19-5-3-4-6-20(19)21-15-24(11-10-23-21)14-17-7-8-18-9-12-25-22(18)13-17/h3-8,13,16,21,23H,9-12,14-15H2,1-2H3/t21-/m0/s1. The van der Waals surface area contributed by atoms with Gasteiger partial charge in [-0.15, -0.1) is 0 Å². The molecule has 25 heavy (non-hydrogen) atoms. The highest BCUT2D eigenvalue weighted by atomic mass is 16.5. The van der Waals surface area contributed by atoms with E-state index in [1.807, 2.05) is 0 Å². The van der Waals surface area contributed by atoms with E-state index in [0.717, 1.165) is 45.0 Å². The summed E-state index contributed by atoms with van der Waals surface area (Å²) >= 11 is 0. The van der Waals surface area contributed by atoms with Crippen molar-refractivity contribution >= 4 is 0 Å². The summed E-state index contributed by atoms with van der Waals surface area (Å²) in [5.74, 6) is 1.65. The summed E-state index contributed by atoms with van der Waals surface area (Å²) in [4.78, 5) is 2.56. The number of rotatable bonds is 4. The summed E-state index contributed by atoms with van der Waals surface area (Å²) in [5, 5.41) is 3.72. The first-order valence-corrected chi connectivity index (χ1v) is 9.50. The molecule has 2 aliphatic heterocycles. The van der Waals surface area contributed by atoms with Crippen LogP contribution in [0.4, 0.5) is 0 Å². The Hall–Kier alpha value is -1.84. The van der Waals surface area contributed by atoms with Gasteiger partial charge in [0.05, 0.1) is 6.61 Å². The van der Waals surface area contributed by atoms with Gasteiger partial charge in [0.1, 0.15) is 5.75 Å². The Bertz CT molecular complexity index is 741. The van der Waals surface area contributed by atoms with Gasteiger partial charge in [-0.25, -0.2) is 0 Å². The third-order valence-electron chi connectivity index (χ3n) is 5.42. The molecule has 0 saturated carbocycles. The first-order chi connectivity index (χ1) is 12.2. The van der Waals surface area contributed by atoms with Gasteiger partial charge in [0.2, 0.25) is 0 Å². The molecule has 3 nitrogen and oxygen atoms in total. The Kier molecular flexibility index (Phi) is 4.78. The van der Waals surface area contributed by atoms with Gasteiger partial charge in [0.15, 0.2) is 0 Å². The van der Waals surface area contributed by atoms with Crippen molar-refractivity contribution in [2.45, 2.75) is 38.8 Å². The maximum atomic E-state index is 5.73. The fourth-order valence-electron chi connectivity index (χ4n) is 4.08. The van der Waals surface area contributed by atoms with Crippen molar-refractivity contribution in [1.29, 1.82) is 0 Å². The second-order valence-electron chi connectivity index (χ2n) is 7.57. The lowest BCUT2D eigenvalue weighted by Crippen LogP contribution is -2.45. The maximum absolute atomic E-state index is 5.73. The first kappa shape index (κ1) is 16.6. The molecule has 2 aromatic carbocycles. The molecule has 0 radical (unpaired) electrons. The molecule has 2 aliphatic rings. The summed E-state index contributed by atoms with van der Waals surface area (Å²) in [7, 11) is 0. The van der Waals surface area contributed by atoms with Crippen molar-refractivity contribution in [2.75, 3.05) is 26.2 Å². The molecule has 0 bridgehead atoms. The first-order valence-electron chi connectivity index (χ1n) is 9.50. The second kappa shape index (κ2) is 7.19. The smallest absolute Gasteiger partial charge is 0.122 e. The molecule has 1 atom stereocenters. The second-order valence-corrected chi connectivity index (χ2v) is 7.57. The van der Waals surface area contributed by atoms with Crippen LogP contribution in [0, 0.1) is 0 Å². The Labute approximate surface area is 151 Å². The SMILES string of the molecule is CC(C)c1ccccc1[C@@H]1CN(Cc2ccc3c(c2)OCC3)CCN1. The van der Waals surface area contributed by atoms with Crippen LogP contribution in [0.1, 0.15) is 48.1 Å². The average Bonchev–Trinajstić information content (AvgIpc) is 3.10. The van der Waals surface area contributed by atoms with E-state index >= 15 is 0 Å². The summed E-state index contributed by atoms with van der Waals surface area (Å²) < 4.78 is 5.73. The van der Waals surface area contributed by atoms with Crippen molar-refractivity contribution in [3.63, 3.8) is 0 Å². The van der Waals surface area contributed by atoms with E-state index in [0.29, 0.717) is 12.0 Å². The Balaban J connectivity index is 1.48. The van der Waals surface area contributed by atoms with E-state index in [2.05, 4.69) is 66.5 Å². The number of ether oxygens (including phenoxy) is 1. The van der Waals surface area contributed by atoms with Gasteiger partial charge in [-0.1, -0.05) is 50.2 Å². The van der Waals surface area contributed by atoms with Crippen LogP contribution in [0.25, 0.3) is 0 Å². The molecule has 0 aromatic heterocycles. The van der Waals surface area contributed by atoms with Crippen LogP contribution < -0.4 is 10.1 Å². The highest BCUT2D eigenvalue weighted by molar-refractivity contribution is 5.40. The van der Waals surface area contributed by atoms with Crippen LogP contribution >= 0.6 is 0 Å².